The Balaban J connectivity index is 1.58. The molecule has 1 fully saturated rings. The Labute approximate surface area is 162 Å². The van der Waals surface area contributed by atoms with E-state index in [0.717, 1.165) is 5.69 Å². The Morgan fingerprint density at radius 3 is 2.35 bits per heavy atom. The number of hydrogen-bond acceptors (Lipinski definition) is 2. The molecular formula is C22H29N3S. The van der Waals surface area contributed by atoms with Gasteiger partial charge in [0.15, 0.2) is 5.11 Å². The van der Waals surface area contributed by atoms with Gasteiger partial charge in [0.2, 0.25) is 0 Å². The van der Waals surface area contributed by atoms with Crippen LogP contribution in [0.15, 0.2) is 42.5 Å². The first-order valence-electron chi connectivity index (χ1n) is 9.52. The number of nitrogens with zero attached hydrogens (tertiary/aromatic N) is 1. The zero-order valence-electron chi connectivity index (χ0n) is 16.0. The Kier molecular flexibility index (Phi) is 6.15. The first kappa shape index (κ1) is 18.7. The number of aryl methyl sites for hydroxylation is 2. The number of anilines is 2. The van der Waals surface area contributed by atoms with Gasteiger partial charge in [-0.3, -0.25) is 0 Å². The number of benzene rings is 2. The summed E-state index contributed by atoms with van der Waals surface area (Å²) in [5, 5.41) is 7.36. The third kappa shape index (κ3) is 4.76. The summed E-state index contributed by atoms with van der Waals surface area (Å²) in [7, 11) is 0. The predicted molar refractivity (Wildman–Crippen MR) is 116 cm³/mol. The van der Waals surface area contributed by atoms with Crippen molar-refractivity contribution in [3.05, 3.63) is 59.2 Å². The van der Waals surface area contributed by atoms with Gasteiger partial charge in [0, 0.05) is 24.5 Å². The van der Waals surface area contributed by atoms with E-state index in [-0.39, 0.29) is 6.04 Å². The maximum Gasteiger partial charge on any atom is 0.171 e. The molecule has 138 valence electrons. The molecule has 0 bridgehead atoms. The molecule has 3 rings (SSSR count). The van der Waals surface area contributed by atoms with Crippen molar-refractivity contribution in [2.45, 2.75) is 46.1 Å². The van der Waals surface area contributed by atoms with Gasteiger partial charge in [-0.25, -0.2) is 0 Å². The Hall–Kier alpha value is -2.07. The molecule has 0 aromatic heterocycles. The lowest BCUT2D eigenvalue weighted by molar-refractivity contribution is 0.577. The monoisotopic (exact) mass is 367 g/mol. The van der Waals surface area contributed by atoms with Gasteiger partial charge in [0.1, 0.15) is 0 Å². The number of hydrogen-bond donors (Lipinski definition) is 2. The Bertz CT molecular complexity index is 748. The minimum absolute atomic E-state index is 0.163. The molecule has 1 heterocycles. The standard InChI is InChI=1S/C22H29N3S/c1-16-7-12-21(17(2)15-16)24-22(26)23-18(3)19-8-10-20(11-9-19)25-13-5-4-6-14-25/h7-12,15,18H,4-6,13-14H2,1-3H3,(H2,23,24,26)/t18-/m0/s1. The second-order valence-electron chi connectivity index (χ2n) is 7.28. The lowest BCUT2D eigenvalue weighted by atomic mass is 10.1. The van der Waals surface area contributed by atoms with Crippen LogP contribution in [-0.4, -0.2) is 18.2 Å². The van der Waals surface area contributed by atoms with Crippen molar-refractivity contribution in [3.8, 4) is 0 Å². The average Bonchev–Trinajstić information content (AvgIpc) is 2.65. The van der Waals surface area contributed by atoms with Gasteiger partial charge in [-0.15, -0.1) is 0 Å². The number of piperidine rings is 1. The van der Waals surface area contributed by atoms with Gasteiger partial charge in [-0.1, -0.05) is 29.8 Å². The van der Waals surface area contributed by atoms with Crippen LogP contribution >= 0.6 is 12.2 Å². The second-order valence-corrected chi connectivity index (χ2v) is 7.69. The number of rotatable bonds is 4. The van der Waals surface area contributed by atoms with Crippen molar-refractivity contribution in [1.29, 1.82) is 0 Å². The summed E-state index contributed by atoms with van der Waals surface area (Å²) >= 11 is 5.50. The normalized spacial score (nSPS) is 15.4. The summed E-state index contributed by atoms with van der Waals surface area (Å²) in [6.07, 6.45) is 3.97. The predicted octanol–water partition coefficient (Wildman–Crippen LogP) is 5.34. The molecule has 2 aromatic rings. The SMILES string of the molecule is Cc1ccc(NC(=S)N[C@@H](C)c2ccc(N3CCCCC3)cc2)c(C)c1. The van der Waals surface area contributed by atoms with Gasteiger partial charge >= 0.3 is 0 Å². The molecule has 1 saturated heterocycles. The Morgan fingerprint density at radius 2 is 1.69 bits per heavy atom. The third-order valence-corrected chi connectivity index (χ3v) is 5.31. The van der Waals surface area contributed by atoms with Gasteiger partial charge < -0.3 is 15.5 Å². The fourth-order valence-electron chi connectivity index (χ4n) is 3.52. The molecule has 0 aliphatic carbocycles. The quantitative estimate of drug-likeness (QED) is 0.713. The van der Waals surface area contributed by atoms with Gasteiger partial charge in [-0.05, 0) is 81.6 Å². The minimum atomic E-state index is 0.163. The van der Waals surface area contributed by atoms with Crippen LogP contribution in [0.3, 0.4) is 0 Å². The smallest absolute Gasteiger partial charge is 0.171 e. The maximum absolute atomic E-state index is 5.50. The van der Waals surface area contributed by atoms with Crippen LogP contribution in [0.1, 0.15) is 48.9 Å². The van der Waals surface area contributed by atoms with Crippen molar-refractivity contribution in [2.75, 3.05) is 23.3 Å². The van der Waals surface area contributed by atoms with Crippen LogP contribution in [-0.2, 0) is 0 Å². The molecule has 0 radical (unpaired) electrons. The van der Waals surface area contributed by atoms with E-state index in [2.05, 4.69) is 78.8 Å². The van der Waals surface area contributed by atoms with E-state index in [1.807, 2.05) is 0 Å². The van der Waals surface area contributed by atoms with E-state index in [9.17, 15) is 0 Å². The molecule has 3 nitrogen and oxygen atoms in total. The molecule has 1 aliphatic rings. The molecule has 2 aromatic carbocycles. The van der Waals surface area contributed by atoms with Crippen LogP contribution in [0, 0.1) is 13.8 Å². The fraction of sp³-hybridized carbons (Fsp3) is 0.409. The van der Waals surface area contributed by atoms with Crippen molar-refractivity contribution in [2.24, 2.45) is 0 Å². The van der Waals surface area contributed by atoms with E-state index in [1.165, 1.54) is 54.7 Å². The Morgan fingerprint density at radius 1 is 1.00 bits per heavy atom. The number of thiocarbonyl (C=S) groups is 1. The van der Waals surface area contributed by atoms with Crippen LogP contribution < -0.4 is 15.5 Å². The average molecular weight is 368 g/mol. The third-order valence-electron chi connectivity index (χ3n) is 5.09. The van der Waals surface area contributed by atoms with E-state index in [4.69, 9.17) is 12.2 Å². The zero-order valence-corrected chi connectivity index (χ0v) is 16.8. The summed E-state index contributed by atoms with van der Waals surface area (Å²) < 4.78 is 0. The molecule has 1 atom stereocenters. The topological polar surface area (TPSA) is 27.3 Å². The fourth-order valence-corrected chi connectivity index (χ4v) is 3.80. The van der Waals surface area contributed by atoms with Gasteiger partial charge in [0.05, 0.1) is 6.04 Å². The highest BCUT2D eigenvalue weighted by molar-refractivity contribution is 7.80. The van der Waals surface area contributed by atoms with Gasteiger partial charge in [0.25, 0.3) is 0 Å². The highest BCUT2D eigenvalue weighted by Gasteiger charge is 2.12. The number of nitrogens with one attached hydrogen (secondary N) is 2. The lowest BCUT2D eigenvalue weighted by Gasteiger charge is -2.29. The highest BCUT2D eigenvalue weighted by Crippen LogP contribution is 2.23. The summed E-state index contributed by atoms with van der Waals surface area (Å²) in [4.78, 5) is 2.48. The highest BCUT2D eigenvalue weighted by atomic mass is 32.1. The molecule has 1 aliphatic heterocycles. The molecule has 0 unspecified atom stereocenters. The zero-order chi connectivity index (χ0) is 18.5. The molecule has 4 heteroatoms. The molecule has 0 spiro atoms. The largest absolute Gasteiger partial charge is 0.372 e. The van der Waals surface area contributed by atoms with Crippen molar-refractivity contribution >= 4 is 28.7 Å². The lowest BCUT2D eigenvalue weighted by Crippen LogP contribution is -2.31. The first-order valence-corrected chi connectivity index (χ1v) is 9.93. The first-order chi connectivity index (χ1) is 12.5. The van der Waals surface area contributed by atoms with Gasteiger partial charge in [-0.2, -0.15) is 0 Å². The van der Waals surface area contributed by atoms with Crippen molar-refractivity contribution < 1.29 is 0 Å². The van der Waals surface area contributed by atoms with Crippen LogP contribution in [0.2, 0.25) is 0 Å². The van der Waals surface area contributed by atoms with E-state index < -0.39 is 0 Å². The molecule has 0 amide bonds. The molecular weight excluding hydrogens is 338 g/mol. The summed E-state index contributed by atoms with van der Waals surface area (Å²) in [5.74, 6) is 0. The van der Waals surface area contributed by atoms with Crippen LogP contribution in [0.25, 0.3) is 0 Å². The molecule has 26 heavy (non-hydrogen) atoms. The van der Waals surface area contributed by atoms with E-state index in [1.54, 1.807) is 0 Å². The molecule has 2 N–H and O–H groups in total. The summed E-state index contributed by atoms with van der Waals surface area (Å²) in [6, 6.07) is 15.4. The van der Waals surface area contributed by atoms with E-state index in [0.29, 0.717) is 5.11 Å². The van der Waals surface area contributed by atoms with Crippen molar-refractivity contribution in [1.82, 2.24) is 5.32 Å². The minimum Gasteiger partial charge on any atom is -0.372 e. The molecule has 0 saturated carbocycles. The summed E-state index contributed by atoms with van der Waals surface area (Å²) in [5.41, 5.74) is 6.09. The van der Waals surface area contributed by atoms with Crippen LogP contribution in [0.4, 0.5) is 11.4 Å². The summed E-state index contributed by atoms with van der Waals surface area (Å²) in [6.45, 7) is 8.70. The second kappa shape index (κ2) is 8.54. The van der Waals surface area contributed by atoms with E-state index >= 15 is 0 Å². The van der Waals surface area contributed by atoms with Crippen molar-refractivity contribution in [3.63, 3.8) is 0 Å². The maximum atomic E-state index is 5.50. The van der Waals surface area contributed by atoms with Crippen LogP contribution in [0.5, 0.6) is 0 Å².